The van der Waals surface area contributed by atoms with Crippen LogP contribution in [0, 0.1) is 6.92 Å². The first-order valence-electron chi connectivity index (χ1n) is 6.23. The fourth-order valence-corrected chi connectivity index (χ4v) is 1.95. The molecule has 5 nitrogen and oxygen atoms in total. The minimum absolute atomic E-state index is 0.297. The van der Waals surface area contributed by atoms with E-state index < -0.39 is 5.97 Å². The van der Waals surface area contributed by atoms with Crippen LogP contribution >= 0.6 is 0 Å². The number of aromatic nitrogens is 3. The topological polar surface area (TPSA) is 57.0 Å². The number of aryl methyl sites for hydroxylation is 2. The number of hydrogen-bond acceptors (Lipinski definition) is 4. The molecule has 1 aromatic heterocycles. The van der Waals surface area contributed by atoms with E-state index in [1.165, 1.54) is 5.56 Å². The molecule has 0 spiro atoms. The molecule has 2 aromatic rings. The van der Waals surface area contributed by atoms with Crippen molar-refractivity contribution in [3.8, 4) is 0 Å². The van der Waals surface area contributed by atoms with Crippen LogP contribution in [0.25, 0.3) is 0 Å². The van der Waals surface area contributed by atoms with Gasteiger partial charge in [-0.25, -0.2) is 4.79 Å². The monoisotopic (exact) mass is 259 g/mol. The predicted molar refractivity (Wildman–Crippen MR) is 70.9 cm³/mol. The molecule has 0 fully saturated rings. The zero-order valence-corrected chi connectivity index (χ0v) is 11.4. The summed E-state index contributed by atoms with van der Waals surface area (Å²) in [5.74, 6) is -0.418. The van der Waals surface area contributed by atoms with Crippen molar-refractivity contribution >= 4 is 5.97 Å². The average molecular weight is 259 g/mol. The highest BCUT2D eigenvalue weighted by Crippen LogP contribution is 2.14. The van der Waals surface area contributed by atoms with Crippen molar-refractivity contribution in [3.05, 3.63) is 46.8 Å². The Labute approximate surface area is 112 Å². The molecule has 0 aliphatic carbocycles. The van der Waals surface area contributed by atoms with E-state index in [0.717, 1.165) is 11.3 Å². The van der Waals surface area contributed by atoms with E-state index in [2.05, 4.69) is 16.4 Å². The average Bonchev–Trinajstić information content (AvgIpc) is 2.72. The van der Waals surface area contributed by atoms with Crippen LogP contribution in [0.5, 0.6) is 0 Å². The molecule has 0 radical (unpaired) electrons. The number of rotatable bonds is 4. The molecule has 0 bridgehead atoms. The van der Waals surface area contributed by atoms with E-state index in [9.17, 15) is 4.79 Å². The molecule has 0 atom stereocenters. The van der Waals surface area contributed by atoms with Gasteiger partial charge in [0.1, 0.15) is 0 Å². The highest BCUT2D eigenvalue weighted by atomic mass is 16.5. The van der Waals surface area contributed by atoms with Crippen LogP contribution in [0.1, 0.15) is 34.2 Å². The summed E-state index contributed by atoms with van der Waals surface area (Å²) in [6, 6.07) is 8.15. The minimum Gasteiger partial charge on any atom is -0.461 e. The second-order valence-corrected chi connectivity index (χ2v) is 4.39. The van der Waals surface area contributed by atoms with Crippen LogP contribution in [-0.4, -0.2) is 27.6 Å². The molecule has 0 saturated carbocycles. The first kappa shape index (κ1) is 13.3. The van der Waals surface area contributed by atoms with E-state index in [1.54, 1.807) is 18.7 Å². The molecule has 0 aliphatic rings. The maximum Gasteiger partial charge on any atom is 0.360 e. The summed E-state index contributed by atoms with van der Waals surface area (Å²) in [5.41, 5.74) is 3.37. The number of ether oxygens (including phenoxy) is 1. The zero-order chi connectivity index (χ0) is 13.8. The van der Waals surface area contributed by atoms with Crippen molar-refractivity contribution in [2.75, 3.05) is 6.61 Å². The van der Waals surface area contributed by atoms with Gasteiger partial charge in [0.25, 0.3) is 0 Å². The second kappa shape index (κ2) is 5.65. The lowest BCUT2D eigenvalue weighted by Gasteiger charge is -2.05. The lowest BCUT2D eigenvalue weighted by molar-refractivity contribution is 0.0518. The van der Waals surface area contributed by atoms with Gasteiger partial charge >= 0.3 is 5.97 Å². The van der Waals surface area contributed by atoms with E-state index in [0.29, 0.717) is 18.7 Å². The van der Waals surface area contributed by atoms with E-state index in [-0.39, 0.29) is 0 Å². The summed E-state index contributed by atoms with van der Waals surface area (Å²) >= 11 is 0. The molecule has 1 aromatic carbocycles. The summed E-state index contributed by atoms with van der Waals surface area (Å²) in [4.78, 5) is 11.8. The van der Waals surface area contributed by atoms with Crippen molar-refractivity contribution in [1.29, 1.82) is 0 Å². The van der Waals surface area contributed by atoms with Crippen LogP contribution < -0.4 is 0 Å². The van der Waals surface area contributed by atoms with Gasteiger partial charge in [0, 0.05) is 13.5 Å². The van der Waals surface area contributed by atoms with E-state index in [1.807, 2.05) is 25.1 Å². The molecule has 100 valence electrons. The summed E-state index contributed by atoms with van der Waals surface area (Å²) in [6.07, 6.45) is 0.610. The van der Waals surface area contributed by atoms with Gasteiger partial charge in [-0.2, -0.15) is 0 Å². The number of benzene rings is 1. The van der Waals surface area contributed by atoms with Crippen molar-refractivity contribution in [3.63, 3.8) is 0 Å². The number of carbonyl (C=O) groups is 1. The number of hydrogen-bond donors (Lipinski definition) is 0. The third kappa shape index (κ3) is 2.99. The van der Waals surface area contributed by atoms with Crippen molar-refractivity contribution in [2.24, 2.45) is 7.05 Å². The Morgan fingerprint density at radius 2 is 2.21 bits per heavy atom. The quantitative estimate of drug-likeness (QED) is 0.787. The number of nitrogens with zero attached hydrogens (tertiary/aromatic N) is 3. The molecule has 0 unspecified atom stereocenters. The van der Waals surface area contributed by atoms with Gasteiger partial charge in [-0.3, -0.25) is 4.68 Å². The SMILES string of the molecule is CCOC(=O)c1nnn(C)c1Cc1cccc(C)c1. The largest absolute Gasteiger partial charge is 0.461 e. The van der Waals surface area contributed by atoms with E-state index >= 15 is 0 Å². The fourth-order valence-electron chi connectivity index (χ4n) is 1.95. The van der Waals surface area contributed by atoms with Gasteiger partial charge < -0.3 is 4.74 Å². The van der Waals surface area contributed by atoms with Crippen LogP contribution in [0.2, 0.25) is 0 Å². The van der Waals surface area contributed by atoms with Gasteiger partial charge in [-0.1, -0.05) is 35.0 Å². The summed E-state index contributed by atoms with van der Waals surface area (Å²) in [5, 5.41) is 7.80. The van der Waals surface area contributed by atoms with Gasteiger partial charge in [-0.05, 0) is 19.4 Å². The molecule has 0 saturated heterocycles. The maximum absolute atomic E-state index is 11.8. The molecular formula is C14H17N3O2. The molecule has 5 heteroatoms. The molecule has 0 aliphatic heterocycles. The third-order valence-electron chi connectivity index (χ3n) is 2.87. The Hall–Kier alpha value is -2.17. The van der Waals surface area contributed by atoms with Gasteiger partial charge in [0.15, 0.2) is 5.69 Å². The molecule has 19 heavy (non-hydrogen) atoms. The molecular weight excluding hydrogens is 242 g/mol. The van der Waals surface area contributed by atoms with Crippen LogP contribution in [0.15, 0.2) is 24.3 Å². The summed E-state index contributed by atoms with van der Waals surface area (Å²) < 4.78 is 6.61. The van der Waals surface area contributed by atoms with Crippen molar-refractivity contribution in [2.45, 2.75) is 20.3 Å². The maximum atomic E-state index is 11.8. The highest BCUT2D eigenvalue weighted by Gasteiger charge is 2.19. The van der Waals surface area contributed by atoms with Gasteiger partial charge in [0.2, 0.25) is 0 Å². The van der Waals surface area contributed by atoms with Crippen LogP contribution in [0.3, 0.4) is 0 Å². The Balaban J connectivity index is 2.29. The van der Waals surface area contributed by atoms with Crippen molar-refractivity contribution in [1.82, 2.24) is 15.0 Å². The summed E-state index contributed by atoms with van der Waals surface area (Å²) in [6.45, 7) is 4.14. The fraction of sp³-hybridized carbons (Fsp3) is 0.357. The lowest BCUT2D eigenvalue weighted by Crippen LogP contribution is -2.10. The third-order valence-corrected chi connectivity index (χ3v) is 2.87. The number of carbonyl (C=O) groups excluding carboxylic acids is 1. The van der Waals surface area contributed by atoms with E-state index in [4.69, 9.17) is 4.74 Å². The lowest BCUT2D eigenvalue weighted by atomic mass is 10.1. The van der Waals surface area contributed by atoms with Gasteiger partial charge in [-0.15, -0.1) is 5.10 Å². The Bertz CT molecular complexity index is 590. The normalized spacial score (nSPS) is 10.5. The highest BCUT2D eigenvalue weighted by molar-refractivity contribution is 5.88. The predicted octanol–water partition coefficient (Wildman–Crippen LogP) is 1.89. The van der Waals surface area contributed by atoms with Crippen LogP contribution in [0.4, 0.5) is 0 Å². The zero-order valence-electron chi connectivity index (χ0n) is 11.4. The molecule has 1 heterocycles. The standard InChI is InChI=1S/C14H17N3O2/c1-4-19-14(18)13-12(17(3)16-15-13)9-11-7-5-6-10(2)8-11/h5-8H,4,9H2,1-3H3. The Morgan fingerprint density at radius 3 is 2.89 bits per heavy atom. The first-order chi connectivity index (χ1) is 9.11. The second-order valence-electron chi connectivity index (χ2n) is 4.39. The smallest absolute Gasteiger partial charge is 0.360 e. The number of esters is 1. The summed E-state index contributed by atoms with van der Waals surface area (Å²) in [7, 11) is 1.78. The first-order valence-corrected chi connectivity index (χ1v) is 6.23. The Morgan fingerprint density at radius 1 is 1.42 bits per heavy atom. The molecule has 2 rings (SSSR count). The minimum atomic E-state index is -0.418. The Kier molecular flexibility index (Phi) is 3.94. The van der Waals surface area contributed by atoms with Crippen molar-refractivity contribution < 1.29 is 9.53 Å². The van der Waals surface area contributed by atoms with Gasteiger partial charge in [0.05, 0.1) is 12.3 Å². The molecule has 0 amide bonds. The van der Waals surface area contributed by atoms with Crippen LogP contribution in [-0.2, 0) is 18.2 Å². The molecule has 0 N–H and O–H groups in total.